The van der Waals surface area contributed by atoms with Gasteiger partial charge < -0.3 is 20.4 Å². The van der Waals surface area contributed by atoms with E-state index in [-0.39, 0.29) is 11.5 Å². The molecule has 0 aliphatic carbocycles. The Balaban J connectivity index is 2.38. The Hall–Kier alpha value is -1.86. The van der Waals surface area contributed by atoms with Crippen molar-refractivity contribution in [1.82, 2.24) is 0 Å². The molecule has 22 heavy (non-hydrogen) atoms. The fraction of sp³-hybridized carbons (Fsp3) is 0.467. The van der Waals surface area contributed by atoms with Crippen LogP contribution in [0.2, 0.25) is 0 Å². The van der Waals surface area contributed by atoms with Crippen molar-refractivity contribution in [2.24, 2.45) is 5.73 Å². The van der Waals surface area contributed by atoms with Crippen LogP contribution in [0.4, 0.5) is 5.69 Å². The number of benzene rings is 1. The maximum absolute atomic E-state index is 11.5. The van der Waals surface area contributed by atoms with Gasteiger partial charge >= 0.3 is 7.12 Å². The summed E-state index contributed by atoms with van der Waals surface area (Å²) in [6.07, 6.45) is 0. The van der Waals surface area contributed by atoms with E-state index in [1.807, 2.05) is 27.7 Å². The first-order valence-corrected chi connectivity index (χ1v) is 7.10. The summed E-state index contributed by atoms with van der Waals surface area (Å²) in [5.41, 5.74) is 5.71. The predicted octanol–water partition coefficient (Wildman–Crippen LogP) is 1.04. The van der Waals surface area contributed by atoms with Crippen molar-refractivity contribution < 1.29 is 18.9 Å². The molecule has 0 saturated carbocycles. The summed E-state index contributed by atoms with van der Waals surface area (Å²) in [4.78, 5) is 22.8. The van der Waals surface area contributed by atoms with E-state index in [4.69, 9.17) is 15.0 Å². The summed E-state index contributed by atoms with van der Waals surface area (Å²) in [5, 5.41) is 2.61. The van der Waals surface area contributed by atoms with Crippen LogP contribution in [0.15, 0.2) is 18.2 Å². The molecular weight excluding hydrogens is 283 g/mol. The van der Waals surface area contributed by atoms with Crippen molar-refractivity contribution in [2.75, 3.05) is 5.32 Å². The van der Waals surface area contributed by atoms with Gasteiger partial charge in [0.05, 0.1) is 22.5 Å². The van der Waals surface area contributed by atoms with Crippen LogP contribution >= 0.6 is 0 Å². The molecule has 118 valence electrons. The van der Waals surface area contributed by atoms with E-state index < -0.39 is 24.2 Å². The summed E-state index contributed by atoms with van der Waals surface area (Å²) in [6.45, 7) is 9.20. The molecule has 1 aliphatic rings. The van der Waals surface area contributed by atoms with Crippen molar-refractivity contribution in [2.45, 2.75) is 45.8 Å². The van der Waals surface area contributed by atoms with Crippen LogP contribution in [-0.2, 0) is 14.1 Å². The monoisotopic (exact) mass is 304 g/mol. The van der Waals surface area contributed by atoms with E-state index in [1.165, 1.54) is 6.92 Å². The molecule has 1 fully saturated rings. The number of hydrogen-bond acceptors (Lipinski definition) is 4. The number of amides is 2. The lowest BCUT2D eigenvalue weighted by Gasteiger charge is -2.32. The van der Waals surface area contributed by atoms with Crippen molar-refractivity contribution in [3.8, 4) is 0 Å². The molecule has 1 aromatic rings. The van der Waals surface area contributed by atoms with E-state index in [2.05, 4.69) is 5.32 Å². The van der Waals surface area contributed by atoms with E-state index in [1.54, 1.807) is 18.2 Å². The topological polar surface area (TPSA) is 90.7 Å². The molecule has 1 heterocycles. The van der Waals surface area contributed by atoms with Gasteiger partial charge in [0.25, 0.3) is 5.91 Å². The Morgan fingerprint density at radius 3 is 2.14 bits per heavy atom. The van der Waals surface area contributed by atoms with E-state index >= 15 is 0 Å². The van der Waals surface area contributed by atoms with Gasteiger partial charge in [0.1, 0.15) is 0 Å². The summed E-state index contributed by atoms with van der Waals surface area (Å²) in [6, 6.07) is 4.94. The minimum Gasteiger partial charge on any atom is -0.399 e. The highest BCUT2D eigenvalue weighted by Crippen LogP contribution is 2.36. The maximum Gasteiger partial charge on any atom is 0.494 e. The molecule has 0 atom stereocenters. The average Bonchev–Trinajstić information content (AvgIpc) is 2.57. The van der Waals surface area contributed by atoms with Crippen molar-refractivity contribution in [3.63, 3.8) is 0 Å². The average molecular weight is 304 g/mol. The van der Waals surface area contributed by atoms with E-state index in [0.717, 1.165) is 0 Å². The fourth-order valence-corrected chi connectivity index (χ4v) is 2.20. The summed E-state index contributed by atoms with van der Waals surface area (Å²) in [5.74, 6) is -0.891. The third-order valence-corrected chi connectivity index (χ3v) is 4.15. The van der Waals surface area contributed by atoms with Crippen LogP contribution in [0.5, 0.6) is 0 Å². The Labute approximate surface area is 130 Å². The molecule has 7 heteroatoms. The Morgan fingerprint density at radius 1 is 1.14 bits per heavy atom. The molecule has 0 radical (unpaired) electrons. The Kier molecular flexibility index (Phi) is 4.06. The SMILES string of the molecule is CC(=O)Nc1cc(B2OC(C)(C)C(C)(C)O2)ccc1C(N)=O. The zero-order chi connectivity index (χ0) is 16.7. The van der Waals surface area contributed by atoms with Gasteiger partial charge in [-0.1, -0.05) is 6.07 Å². The molecule has 1 aliphatic heterocycles. The maximum atomic E-state index is 11.5. The van der Waals surface area contributed by atoms with Crippen LogP contribution in [0.1, 0.15) is 45.0 Å². The number of rotatable bonds is 3. The lowest BCUT2D eigenvalue weighted by Crippen LogP contribution is -2.41. The first kappa shape index (κ1) is 16.5. The smallest absolute Gasteiger partial charge is 0.399 e. The fourth-order valence-electron chi connectivity index (χ4n) is 2.20. The first-order chi connectivity index (χ1) is 10.0. The molecular formula is C15H21BN2O4. The van der Waals surface area contributed by atoms with Gasteiger partial charge in [-0.2, -0.15) is 0 Å². The minimum atomic E-state index is -0.607. The van der Waals surface area contributed by atoms with E-state index in [0.29, 0.717) is 11.2 Å². The molecule has 0 bridgehead atoms. The summed E-state index contributed by atoms with van der Waals surface area (Å²) >= 11 is 0. The largest absolute Gasteiger partial charge is 0.494 e. The quantitative estimate of drug-likeness (QED) is 0.816. The molecule has 2 rings (SSSR count). The third-order valence-electron chi connectivity index (χ3n) is 4.15. The van der Waals surface area contributed by atoms with Crippen LogP contribution in [-0.4, -0.2) is 30.1 Å². The molecule has 6 nitrogen and oxygen atoms in total. The van der Waals surface area contributed by atoms with Gasteiger partial charge in [0, 0.05) is 6.92 Å². The number of carbonyl (C=O) groups excluding carboxylic acids is 2. The van der Waals surface area contributed by atoms with Crippen LogP contribution in [0.25, 0.3) is 0 Å². The van der Waals surface area contributed by atoms with Crippen molar-refractivity contribution in [1.29, 1.82) is 0 Å². The second kappa shape index (κ2) is 5.41. The number of nitrogens with one attached hydrogen (secondary N) is 1. The van der Waals surface area contributed by atoms with Crippen LogP contribution < -0.4 is 16.5 Å². The molecule has 0 aromatic heterocycles. The number of anilines is 1. The zero-order valence-electron chi connectivity index (χ0n) is 13.5. The molecule has 2 amide bonds. The highest BCUT2D eigenvalue weighted by molar-refractivity contribution is 6.62. The highest BCUT2D eigenvalue weighted by Gasteiger charge is 2.51. The molecule has 1 saturated heterocycles. The third kappa shape index (κ3) is 3.00. The Morgan fingerprint density at radius 2 is 1.68 bits per heavy atom. The van der Waals surface area contributed by atoms with Crippen molar-refractivity contribution >= 4 is 30.1 Å². The predicted molar refractivity (Wildman–Crippen MR) is 85.0 cm³/mol. The molecule has 1 aromatic carbocycles. The van der Waals surface area contributed by atoms with Crippen molar-refractivity contribution in [3.05, 3.63) is 23.8 Å². The summed E-state index contributed by atoms with van der Waals surface area (Å²) in [7, 11) is -0.570. The first-order valence-electron chi connectivity index (χ1n) is 7.10. The van der Waals surface area contributed by atoms with Gasteiger partial charge in [-0.3, -0.25) is 9.59 Å². The van der Waals surface area contributed by atoms with Crippen LogP contribution in [0.3, 0.4) is 0 Å². The number of hydrogen-bond donors (Lipinski definition) is 2. The normalized spacial score (nSPS) is 19.0. The molecule has 0 spiro atoms. The lowest BCUT2D eigenvalue weighted by atomic mass is 9.78. The number of carbonyl (C=O) groups is 2. The molecule has 0 unspecified atom stereocenters. The highest BCUT2D eigenvalue weighted by atomic mass is 16.7. The zero-order valence-corrected chi connectivity index (χ0v) is 13.5. The second-order valence-electron chi connectivity index (χ2n) is 6.44. The van der Waals surface area contributed by atoms with Gasteiger partial charge in [-0.05, 0) is 45.3 Å². The van der Waals surface area contributed by atoms with Gasteiger partial charge in [-0.15, -0.1) is 0 Å². The number of primary amides is 1. The molecule has 3 N–H and O–H groups in total. The second-order valence-corrected chi connectivity index (χ2v) is 6.44. The summed E-state index contributed by atoms with van der Waals surface area (Å²) < 4.78 is 11.9. The lowest BCUT2D eigenvalue weighted by molar-refractivity contribution is -0.114. The number of nitrogens with two attached hydrogens (primary N) is 1. The minimum absolute atomic E-state index is 0.246. The van der Waals surface area contributed by atoms with E-state index in [9.17, 15) is 9.59 Å². The van der Waals surface area contributed by atoms with Gasteiger partial charge in [-0.25, -0.2) is 0 Å². The van der Waals surface area contributed by atoms with Crippen LogP contribution in [0, 0.1) is 0 Å². The standard InChI is InChI=1S/C15H21BN2O4/c1-9(19)18-12-8-10(6-7-11(12)13(17)20)16-21-14(2,3)15(4,5)22-16/h6-8H,1-5H3,(H2,17,20)(H,18,19). The van der Waals surface area contributed by atoms with Gasteiger partial charge in [0.2, 0.25) is 5.91 Å². The van der Waals surface area contributed by atoms with Gasteiger partial charge in [0.15, 0.2) is 0 Å². The Bertz CT molecular complexity index is 612.